The molecule has 0 radical (unpaired) electrons. The maximum atomic E-state index is 11.4. The number of benzene rings is 1. The molecule has 1 amide bonds. The molecule has 0 fully saturated rings. The smallest absolute Gasteiger partial charge is 0.248 e. The number of aromatic nitrogens is 3. The van der Waals surface area contributed by atoms with Crippen molar-refractivity contribution in [1.82, 2.24) is 15.0 Å². The fraction of sp³-hybridized carbons (Fsp3) is 0. The van der Waals surface area contributed by atoms with Crippen molar-refractivity contribution >= 4 is 34.0 Å². The molecule has 0 aliphatic carbocycles. The highest BCUT2D eigenvalue weighted by atomic mass is 32.1. The molecule has 0 spiro atoms. The van der Waals surface area contributed by atoms with Crippen LogP contribution in [0.4, 0.5) is 16.8 Å². The molecule has 104 valence electrons. The van der Waals surface area contributed by atoms with Gasteiger partial charge >= 0.3 is 0 Å². The third-order valence-electron chi connectivity index (χ3n) is 2.75. The topological polar surface area (TPSA) is 85.0 Å². The van der Waals surface area contributed by atoms with Gasteiger partial charge in [-0.2, -0.15) is 0 Å². The van der Waals surface area contributed by atoms with Gasteiger partial charge in [-0.15, -0.1) is 11.3 Å². The Hall–Kier alpha value is -2.80. The summed E-state index contributed by atoms with van der Waals surface area (Å²) >= 11 is 1.45. The van der Waals surface area contributed by atoms with Gasteiger partial charge in [-0.3, -0.25) is 9.69 Å². The first kappa shape index (κ1) is 13.2. The molecule has 0 bridgehead atoms. The zero-order valence-electron chi connectivity index (χ0n) is 10.9. The Morgan fingerprint density at radius 1 is 1.10 bits per heavy atom. The molecule has 0 aliphatic heterocycles. The third-order valence-corrected chi connectivity index (χ3v) is 3.51. The summed E-state index contributed by atoms with van der Waals surface area (Å²) in [4.78, 5) is 25.9. The number of carbonyl (C=O) groups excluding carboxylic acids is 1. The van der Waals surface area contributed by atoms with E-state index in [1.54, 1.807) is 47.8 Å². The Morgan fingerprint density at radius 3 is 2.57 bits per heavy atom. The maximum absolute atomic E-state index is 11.4. The summed E-state index contributed by atoms with van der Waals surface area (Å²) in [6.45, 7) is 0. The Balaban J connectivity index is 2.12. The van der Waals surface area contributed by atoms with Crippen molar-refractivity contribution in [2.45, 2.75) is 0 Å². The molecule has 1 aromatic carbocycles. The molecule has 2 aromatic heterocycles. The first-order chi connectivity index (χ1) is 10.3. The highest BCUT2D eigenvalue weighted by molar-refractivity contribution is 7.13. The van der Waals surface area contributed by atoms with Crippen LogP contribution in [0.25, 0.3) is 0 Å². The molecule has 3 rings (SSSR count). The molecule has 0 aliphatic rings. The van der Waals surface area contributed by atoms with Crippen LogP contribution in [-0.2, 0) is 0 Å². The van der Waals surface area contributed by atoms with Crippen molar-refractivity contribution in [3.8, 4) is 0 Å². The van der Waals surface area contributed by atoms with Crippen LogP contribution in [0.2, 0.25) is 0 Å². The van der Waals surface area contributed by atoms with E-state index in [9.17, 15) is 4.79 Å². The van der Waals surface area contributed by atoms with Crippen molar-refractivity contribution in [1.29, 1.82) is 0 Å². The first-order valence-electron chi connectivity index (χ1n) is 6.12. The van der Waals surface area contributed by atoms with Crippen LogP contribution in [0.3, 0.4) is 0 Å². The summed E-state index contributed by atoms with van der Waals surface area (Å²) in [5.41, 5.74) is 6.49. The van der Waals surface area contributed by atoms with Crippen LogP contribution in [0, 0.1) is 0 Å². The average molecular weight is 297 g/mol. The average Bonchev–Trinajstić information content (AvgIpc) is 3.03. The minimum Gasteiger partial charge on any atom is -0.366 e. The van der Waals surface area contributed by atoms with E-state index in [1.165, 1.54) is 11.3 Å². The normalized spacial score (nSPS) is 10.3. The molecule has 6 nitrogen and oxygen atoms in total. The van der Waals surface area contributed by atoms with Crippen molar-refractivity contribution in [3.05, 3.63) is 59.9 Å². The quantitative estimate of drug-likeness (QED) is 0.799. The van der Waals surface area contributed by atoms with Crippen molar-refractivity contribution < 1.29 is 4.79 Å². The number of amides is 1. The molecular weight excluding hydrogens is 286 g/mol. The van der Waals surface area contributed by atoms with Gasteiger partial charge in [0.15, 0.2) is 5.13 Å². The van der Waals surface area contributed by atoms with E-state index in [2.05, 4.69) is 15.0 Å². The molecule has 2 N–H and O–H groups in total. The zero-order chi connectivity index (χ0) is 14.7. The van der Waals surface area contributed by atoms with E-state index in [1.807, 2.05) is 11.4 Å². The van der Waals surface area contributed by atoms with Crippen LogP contribution < -0.4 is 10.6 Å². The SMILES string of the molecule is NC(=O)c1cccc(N(c2ncccn2)c2nccs2)c1. The summed E-state index contributed by atoms with van der Waals surface area (Å²) in [6, 6.07) is 8.71. The molecular formula is C14H11N5OS. The van der Waals surface area contributed by atoms with Gasteiger partial charge < -0.3 is 5.73 Å². The summed E-state index contributed by atoms with van der Waals surface area (Å²) < 4.78 is 0. The molecule has 2 heterocycles. The van der Waals surface area contributed by atoms with E-state index in [4.69, 9.17) is 5.73 Å². The number of hydrogen-bond acceptors (Lipinski definition) is 6. The Bertz CT molecular complexity index is 745. The van der Waals surface area contributed by atoms with E-state index in [0.29, 0.717) is 16.6 Å². The fourth-order valence-corrected chi connectivity index (χ4v) is 2.50. The maximum Gasteiger partial charge on any atom is 0.248 e. The minimum atomic E-state index is -0.482. The van der Waals surface area contributed by atoms with Crippen LogP contribution >= 0.6 is 11.3 Å². The van der Waals surface area contributed by atoms with E-state index >= 15 is 0 Å². The summed E-state index contributed by atoms with van der Waals surface area (Å²) in [7, 11) is 0. The monoisotopic (exact) mass is 297 g/mol. The van der Waals surface area contributed by atoms with E-state index in [-0.39, 0.29) is 0 Å². The zero-order valence-corrected chi connectivity index (χ0v) is 11.7. The number of carbonyl (C=O) groups is 1. The standard InChI is InChI=1S/C14H11N5OS/c15-12(20)10-3-1-4-11(9-10)19(14-18-7-8-21-14)13-16-5-2-6-17-13/h1-9H,(H2,15,20). The Labute approximate surface area is 124 Å². The second-order valence-electron chi connectivity index (χ2n) is 4.11. The lowest BCUT2D eigenvalue weighted by Crippen LogP contribution is -2.15. The Kier molecular flexibility index (Phi) is 3.57. The lowest BCUT2D eigenvalue weighted by molar-refractivity contribution is 0.100. The van der Waals surface area contributed by atoms with Gasteiger partial charge in [0.2, 0.25) is 11.9 Å². The van der Waals surface area contributed by atoms with Crippen LogP contribution in [0.15, 0.2) is 54.3 Å². The second-order valence-corrected chi connectivity index (χ2v) is 4.99. The van der Waals surface area contributed by atoms with Gasteiger partial charge in [0.25, 0.3) is 0 Å². The van der Waals surface area contributed by atoms with Crippen LogP contribution in [-0.4, -0.2) is 20.9 Å². The highest BCUT2D eigenvalue weighted by Crippen LogP contribution is 2.33. The van der Waals surface area contributed by atoms with Crippen LogP contribution in [0.5, 0.6) is 0 Å². The third kappa shape index (κ3) is 2.72. The van der Waals surface area contributed by atoms with E-state index < -0.39 is 5.91 Å². The van der Waals surface area contributed by atoms with Crippen molar-refractivity contribution in [2.24, 2.45) is 5.73 Å². The number of nitrogens with zero attached hydrogens (tertiary/aromatic N) is 4. The van der Waals surface area contributed by atoms with Gasteiger partial charge in [-0.05, 0) is 24.3 Å². The van der Waals surface area contributed by atoms with Gasteiger partial charge in [-0.1, -0.05) is 6.07 Å². The van der Waals surface area contributed by atoms with Gasteiger partial charge in [-0.25, -0.2) is 15.0 Å². The summed E-state index contributed by atoms with van der Waals surface area (Å²) in [5.74, 6) is -0.000936. The van der Waals surface area contributed by atoms with Gasteiger partial charge in [0, 0.05) is 29.5 Å². The highest BCUT2D eigenvalue weighted by Gasteiger charge is 2.17. The number of nitrogens with two attached hydrogens (primary N) is 1. The van der Waals surface area contributed by atoms with Gasteiger partial charge in [0.05, 0.1) is 5.69 Å². The van der Waals surface area contributed by atoms with Crippen molar-refractivity contribution in [2.75, 3.05) is 4.90 Å². The largest absolute Gasteiger partial charge is 0.366 e. The Morgan fingerprint density at radius 2 is 1.90 bits per heavy atom. The van der Waals surface area contributed by atoms with Crippen LogP contribution in [0.1, 0.15) is 10.4 Å². The lowest BCUT2D eigenvalue weighted by atomic mass is 10.2. The number of rotatable bonds is 4. The second kappa shape index (κ2) is 5.68. The number of thiazole rings is 1. The number of anilines is 3. The van der Waals surface area contributed by atoms with E-state index in [0.717, 1.165) is 5.69 Å². The first-order valence-corrected chi connectivity index (χ1v) is 7.00. The molecule has 0 atom stereocenters. The molecule has 0 saturated carbocycles. The predicted molar refractivity (Wildman–Crippen MR) is 80.9 cm³/mol. The predicted octanol–water partition coefficient (Wildman–Crippen LogP) is 2.50. The molecule has 21 heavy (non-hydrogen) atoms. The molecule has 0 unspecified atom stereocenters. The van der Waals surface area contributed by atoms with Gasteiger partial charge in [0.1, 0.15) is 0 Å². The summed E-state index contributed by atoms with van der Waals surface area (Å²) in [5, 5.41) is 2.58. The number of hydrogen-bond donors (Lipinski definition) is 1. The molecule has 3 aromatic rings. The molecule has 0 saturated heterocycles. The number of primary amides is 1. The fourth-order valence-electron chi connectivity index (χ4n) is 1.84. The van der Waals surface area contributed by atoms with Crippen molar-refractivity contribution in [3.63, 3.8) is 0 Å². The lowest BCUT2D eigenvalue weighted by Gasteiger charge is -2.19. The minimum absolute atomic E-state index is 0.421. The summed E-state index contributed by atoms with van der Waals surface area (Å²) in [6.07, 6.45) is 5.01. The molecule has 7 heteroatoms.